The molecule has 2 nitrogen and oxygen atoms in total. The van der Waals surface area contributed by atoms with Gasteiger partial charge in [0.1, 0.15) is 0 Å². The molecule has 16 heavy (non-hydrogen) atoms. The molecule has 1 aliphatic rings. The third-order valence-electron chi connectivity index (χ3n) is 3.47. The summed E-state index contributed by atoms with van der Waals surface area (Å²) < 4.78 is 0. The summed E-state index contributed by atoms with van der Waals surface area (Å²) in [4.78, 5) is 2.36. The molecule has 0 spiro atoms. The molecule has 1 aliphatic carbocycles. The normalized spacial score (nSPS) is 25.6. The average Bonchev–Trinajstić information content (AvgIpc) is 2.81. The minimum atomic E-state index is 0.234. The molecule has 1 aromatic heterocycles. The largest absolute Gasteiger partial charge is 0.298 e. The third kappa shape index (κ3) is 2.63. The third-order valence-corrected chi connectivity index (χ3v) is 4.21. The van der Waals surface area contributed by atoms with Crippen molar-refractivity contribution in [3.8, 4) is 6.07 Å². The Bertz CT molecular complexity index is 353. The van der Waals surface area contributed by atoms with E-state index in [-0.39, 0.29) is 5.92 Å². The molecule has 0 radical (unpaired) electrons. The van der Waals surface area contributed by atoms with E-state index in [1.807, 2.05) is 0 Å². The van der Waals surface area contributed by atoms with Gasteiger partial charge < -0.3 is 0 Å². The van der Waals surface area contributed by atoms with Crippen LogP contribution in [0.2, 0.25) is 0 Å². The second-order valence-electron chi connectivity index (χ2n) is 4.63. The Morgan fingerprint density at radius 3 is 3.00 bits per heavy atom. The monoisotopic (exact) mass is 234 g/mol. The Labute approximate surface area is 102 Å². The van der Waals surface area contributed by atoms with Gasteiger partial charge in [-0.25, -0.2) is 0 Å². The van der Waals surface area contributed by atoms with Gasteiger partial charge in [-0.2, -0.15) is 16.6 Å². The van der Waals surface area contributed by atoms with Crippen molar-refractivity contribution >= 4 is 11.3 Å². The summed E-state index contributed by atoms with van der Waals surface area (Å²) in [5.41, 5.74) is 1.37. The number of thiophene rings is 1. The lowest BCUT2D eigenvalue weighted by molar-refractivity contribution is 0.151. The van der Waals surface area contributed by atoms with E-state index < -0.39 is 0 Å². The van der Waals surface area contributed by atoms with E-state index in [1.165, 1.54) is 24.8 Å². The summed E-state index contributed by atoms with van der Waals surface area (Å²) in [7, 11) is 2.15. The van der Waals surface area contributed by atoms with Crippen molar-refractivity contribution in [3.05, 3.63) is 22.4 Å². The van der Waals surface area contributed by atoms with Crippen LogP contribution >= 0.6 is 11.3 Å². The number of hydrogen-bond acceptors (Lipinski definition) is 3. The van der Waals surface area contributed by atoms with Gasteiger partial charge in [0, 0.05) is 12.6 Å². The van der Waals surface area contributed by atoms with Crippen molar-refractivity contribution in [2.75, 3.05) is 7.05 Å². The van der Waals surface area contributed by atoms with Gasteiger partial charge in [0.2, 0.25) is 0 Å². The highest BCUT2D eigenvalue weighted by Crippen LogP contribution is 2.28. The zero-order valence-electron chi connectivity index (χ0n) is 9.72. The lowest BCUT2D eigenvalue weighted by atomic mass is 9.84. The molecule has 1 saturated carbocycles. The van der Waals surface area contributed by atoms with Gasteiger partial charge in [-0.15, -0.1) is 0 Å². The predicted molar refractivity (Wildman–Crippen MR) is 67.1 cm³/mol. The standard InChI is InChI=1S/C13H18N2S/c1-15(9-11-6-7-16-10-11)13-5-3-2-4-12(13)8-14/h6-7,10,12-13H,2-5,9H2,1H3. The second-order valence-corrected chi connectivity index (χ2v) is 5.41. The van der Waals surface area contributed by atoms with Crippen LogP contribution in [-0.2, 0) is 6.54 Å². The summed E-state index contributed by atoms with van der Waals surface area (Å²) in [6, 6.07) is 5.10. The highest BCUT2D eigenvalue weighted by atomic mass is 32.1. The molecule has 1 heterocycles. The minimum Gasteiger partial charge on any atom is -0.298 e. The van der Waals surface area contributed by atoms with E-state index in [1.54, 1.807) is 11.3 Å². The second kappa shape index (κ2) is 5.47. The van der Waals surface area contributed by atoms with E-state index in [0.717, 1.165) is 13.0 Å². The maximum absolute atomic E-state index is 9.16. The molecule has 0 saturated heterocycles. The number of rotatable bonds is 3. The van der Waals surface area contributed by atoms with Crippen molar-refractivity contribution in [1.82, 2.24) is 4.90 Å². The summed E-state index contributed by atoms with van der Waals surface area (Å²) in [5, 5.41) is 13.5. The molecular formula is C13H18N2S. The van der Waals surface area contributed by atoms with Crippen LogP contribution in [0.25, 0.3) is 0 Å². The Morgan fingerprint density at radius 2 is 2.31 bits per heavy atom. The molecule has 1 aromatic rings. The van der Waals surface area contributed by atoms with E-state index >= 15 is 0 Å². The Hall–Kier alpha value is -0.850. The molecule has 0 aromatic carbocycles. The van der Waals surface area contributed by atoms with Crippen LogP contribution in [0.5, 0.6) is 0 Å². The molecule has 1 fully saturated rings. The highest BCUT2D eigenvalue weighted by molar-refractivity contribution is 7.07. The molecule has 0 bridgehead atoms. The van der Waals surface area contributed by atoms with E-state index in [2.05, 4.69) is 34.8 Å². The average molecular weight is 234 g/mol. The lowest BCUT2D eigenvalue weighted by Gasteiger charge is -2.34. The summed E-state index contributed by atoms with van der Waals surface area (Å²) in [6.07, 6.45) is 4.76. The minimum absolute atomic E-state index is 0.234. The van der Waals surface area contributed by atoms with Crippen LogP contribution in [0.15, 0.2) is 16.8 Å². The van der Waals surface area contributed by atoms with Crippen LogP contribution < -0.4 is 0 Å². The van der Waals surface area contributed by atoms with Crippen LogP contribution in [0.4, 0.5) is 0 Å². The van der Waals surface area contributed by atoms with Crippen LogP contribution in [0.1, 0.15) is 31.2 Å². The van der Waals surface area contributed by atoms with Crippen LogP contribution in [0, 0.1) is 17.2 Å². The maximum Gasteiger partial charge on any atom is 0.0672 e. The van der Waals surface area contributed by atoms with Crippen molar-refractivity contribution in [1.29, 1.82) is 5.26 Å². The predicted octanol–water partition coefficient (Wildman–Crippen LogP) is 3.26. The van der Waals surface area contributed by atoms with Gasteiger partial charge in [-0.1, -0.05) is 12.8 Å². The van der Waals surface area contributed by atoms with Crippen molar-refractivity contribution in [2.45, 2.75) is 38.3 Å². The first-order valence-electron chi connectivity index (χ1n) is 5.92. The number of nitriles is 1. The van der Waals surface area contributed by atoms with Crippen LogP contribution in [-0.4, -0.2) is 18.0 Å². The fraction of sp³-hybridized carbons (Fsp3) is 0.615. The molecule has 0 amide bonds. The highest BCUT2D eigenvalue weighted by Gasteiger charge is 2.28. The first-order valence-corrected chi connectivity index (χ1v) is 6.86. The van der Waals surface area contributed by atoms with Gasteiger partial charge in [-0.05, 0) is 42.3 Å². The number of hydrogen-bond donors (Lipinski definition) is 0. The Balaban J connectivity index is 1.97. The quantitative estimate of drug-likeness (QED) is 0.802. The van der Waals surface area contributed by atoms with Crippen molar-refractivity contribution in [3.63, 3.8) is 0 Å². The fourth-order valence-corrected chi connectivity index (χ4v) is 3.24. The first-order chi connectivity index (χ1) is 7.81. The SMILES string of the molecule is CN(Cc1ccsc1)C1CCCCC1C#N. The fourth-order valence-electron chi connectivity index (χ4n) is 2.58. The van der Waals surface area contributed by atoms with Gasteiger partial charge in [0.15, 0.2) is 0 Å². The molecule has 2 unspecified atom stereocenters. The molecule has 86 valence electrons. The van der Waals surface area contributed by atoms with E-state index in [9.17, 15) is 0 Å². The van der Waals surface area contributed by atoms with Crippen LogP contribution in [0.3, 0.4) is 0 Å². The van der Waals surface area contributed by atoms with Gasteiger partial charge in [0.25, 0.3) is 0 Å². The molecule has 3 heteroatoms. The zero-order valence-corrected chi connectivity index (χ0v) is 10.5. The Kier molecular flexibility index (Phi) is 3.98. The first kappa shape index (κ1) is 11.6. The van der Waals surface area contributed by atoms with E-state index in [4.69, 9.17) is 5.26 Å². The number of nitrogens with zero attached hydrogens (tertiary/aromatic N) is 2. The summed E-state index contributed by atoms with van der Waals surface area (Å²) >= 11 is 1.74. The molecular weight excluding hydrogens is 216 g/mol. The summed E-state index contributed by atoms with van der Waals surface area (Å²) in [5.74, 6) is 0.234. The maximum atomic E-state index is 9.16. The molecule has 0 N–H and O–H groups in total. The smallest absolute Gasteiger partial charge is 0.0672 e. The summed E-state index contributed by atoms with van der Waals surface area (Å²) in [6.45, 7) is 0.979. The van der Waals surface area contributed by atoms with Gasteiger partial charge in [0.05, 0.1) is 12.0 Å². The van der Waals surface area contributed by atoms with E-state index in [0.29, 0.717) is 6.04 Å². The van der Waals surface area contributed by atoms with Gasteiger partial charge in [-0.3, -0.25) is 4.90 Å². The molecule has 2 rings (SSSR count). The lowest BCUT2D eigenvalue weighted by Crippen LogP contribution is -2.39. The zero-order chi connectivity index (χ0) is 11.4. The van der Waals surface area contributed by atoms with Crippen molar-refractivity contribution in [2.24, 2.45) is 5.92 Å². The van der Waals surface area contributed by atoms with Gasteiger partial charge >= 0.3 is 0 Å². The topological polar surface area (TPSA) is 27.0 Å². The van der Waals surface area contributed by atoms with Crippen molar-refractivity contribution < 1.29 is 0 Å². The molecule has 2 atom stereocenters. The molecule has 0 aliphatic heterocycles. The Morgan fingerprint density at radius 1 is 1.50 bits per heavy atom.